The highest BCUT2D eigenvalue weighted by Gasteiger charge is 2.43. The minimum Gasteiger partial charge on any atom is -0.295 e. The molecule has 1 saturated carbocycles. The summed E-state index contributed by atoms with van der Waals surface area (Å²) in [6, 6.07) is 0. The van der Waals surface area contributed by atoms with Gasteiger partial charge in [-0.15, -0.1) is 0 Å². The molecule has 1 nitrogen and oxygen atoms in total. The largest absolute Gasteiger partial charge is 0.295 e. The number of carbonyl (C=O) groups excluding carboxylic acids is 1. The summed E-state index contributed by atoms with van der Waals surface area (Å²) >= 11 is 0. The van der Waals surface area contributed by atoms with Crippen LogP contribution < -0.4 is 0 Å². The molecule has 0 amide bonds. The van der Waals surface area contributed by atoms with Gasteiger partial charge in [0.2, 0.25) is 0 Å². The Kier molecular flexibility index (Phi) is 2.99. The van der Waals surface area contributed by atoms with Gasteiger partial charge in [0.25, 0.3) is 0 Å². The van der Waals surface area contributed by atoms with Crippen LogP contribution in [0, 0.1) is 5.41 Å². The van der Waals surface area contributed by atoms with E-state index in [-0.39, 0.29) is 5.41 Å². The molecule has 0 aromatic rings. The molecule has 1 atom stereocenters. The predicted molar refractivity (Wildman–Crippen MR) is 62.8 cm³/mol. The lowest BCUT2D eigenvalue weighted by molar-refractivity contribution is -0.116. The zero-order chi connectivity index (χ0) is 10.9. The van der Waals surface area contributed by atoms with E-state index >= 15 is 0 Å². The third-order valence-electron chi connectivity index (χ3n) is 4.17. The van der Waals surface area contributed by atoms with Crippen molar-refractivity contribution in [1.29, 1.82) is 0 Å². The van der Waals surface area contributed by atoms with E-state index in [0.717, 1.165) is 12.8 Å². The Balaban J connectivity index is 2.10. The van der Waals surface area contributed by atoms with Gasteiger partial charge in [0.05, 0.1) is 0 Å². The molecular formula is C14H22O. The molecule has 84 valence electrons. The van der Waals surface area contributed by atoms with Crippen LogP contribution in [0.2, 0.25) is 0 Å². The Hall–Kier alpha value is -0.590. The topological polar surface area (TPSA) is 17.1 Å². The van der Waals surface area contributed by atoms with Crippen molar-refractivity contribution in [3.63, 3.8) is 0 Å². The average Bonchev–Trinajstić information content (AvgIpc) is 2.63. The van der Waals surface area contributed by atoms with Gasteiger partial charge in [0.1, 0.15) is 0 Å². The molecule has 2 rings (SSSR count). The fourth-order valence-electron chi connectivity index (χ4n) is 3.29. The van der Waals surface area contributed by atoms with Crippen molar-refractivity contribution in [2.24, 2.45) is 5.41 Å². The van der Waals surface area contributed by atoms with Crippen molar-refractivity contribution >= 4 is 5.78 Å². The molecule has 0 aromatic heterocycles. The van der Waals surface area contributed by atoms with Gasteiger partial charge >= 0.3 is 0 Å². The monoisotopic (exact) mass is 206 g/mol. The summed E-state index contributed by atoms with van der Waals surface area (Å²) in [6.45, 7) is 4.51. The Morgan fingerprint density at radius 1 is 1.33 bits per heavy atom. The van der Waals surface area contributed by atoms with E-state index in [1.165, 1.54) is 49.7 Å². The fraction of sp³-hybridized carbons (Fsp3) is 0.786. The second-order valence-electron chi connectivity index (χ2n) is 5.43. The molecule has 1 fully saturated rings. The minimum absolute atomic E-state index is 0.276. The maximum atomic E-state index is 11.9. The SMILES string of the molecule is CCCCCC1=C2CCCC2(C)CC1=O. The van der Waals surface area contributed by atoms with Crippen LogP contribution in [-0.2, 0) is 4.79 Å². The van der Waals surface area contributed by atoms with Crippen LogP contribution in [0.25, 0.3) is 0 Å². The Labute approximate surface area is 92.9 Å². The predicted octanol–water partition coefficient (Wildman–Crippen LogP) is 4.03. The highest BCUT2D eigenvalue weighted by atomic mass is 16.1. The zero-order valence-corrected chi connectivity index (χ0v) is 10.1. The van der Waals surface area contributed by atoms with Gasteiger partial charge in [0.15, 0.2) is 5.78 Å². The van der Waals surface area contributed by atoms with Crippen molar-refractivity contribution < 1.29 is 4.79 Å². The highest BCUT2D eigenvalue weighted by Crippen LogP contribution is 2.52. The van der Waals surface area contributed by atoms with Crippen molar-refractivity contribution in [3.8, 4) is 0 Å². The first-order chi connectivity index (χ1) is 7.17. The van der Waals surface area contributed by atoms with E-state index in [1.54, 1.807) is 0 Å². The molecular weight excluding hydrogens is 184 g/mol. The van der Waals surface area contributed by atoms with Crippen molar-refractivity contribution in [1.82, 2.24) is 0 Å². The fourth-order valence-corrected chi connectivity index (χ4v) is 3.29. The highest BCUT2D eigenvalue weighted by molar-refractivity contribution is 6.00. The van der Waals surface area contributed by atoms with Gasteiger partial charge in [-0.1, -0.05) is 32.3 Å². The summed E-state index contributed by atoms with van der Waals surface area (Å²) in [4.78, 5) is 11.9. The number of fused-ring (bicyclic) bond motifs is 1. The van der Waals surface area contributed by atoms with Gasteiger partial charge in [-0.05, 0) is 43.1 Å². The lowest BCUT2D eigenvalue weighted by Gasteiger charge is -2.18. The Morgan fingerprint density at radius 3 is 2.87 bits per heavy atom. The molecule has 0 spiro atoms. The second-order valence-corrected chi connectivity index (χ2v) is 5.43. The van der Waals surface area contributed by atoms with E-state index < -0.39 is 0 Å². The van der Waals surface area contributed by atoms with Crippen molar-refractivity contribution in [2.75, 3.05) is 0 Å². The molecule has 2 aliphatic carbocycles. The van der Waals surface area contributed by atoms with Gasteiger partial charge in [-0.3, -0.25) is 4.79 Å². The average molecular weight is 206 g/mol. The van der Waals surface area contributed by atoms with Gasteiger partial charge in [0, 0.05) is 6.42 Å². The van der Waals surface area contributed by atoms with E-state index in [4.69, 9.17) is 0 Å². The lowest BCUT2D eigenvalue weighted by Crippen LogP contribution is -2.10. The molecule has 0 aliphatic heterocycles. The molecule has 0 saturated heterocycles. The molecule has 0 heterocycles. The first kappa shape index (κ1) is 10.9. The standard InChI is InChI=1S/C14H22O/c1-3-4-5-7-11-12-8-6-9-14(12,2)10-13(11)15/h3-10H2,1-2H3. The van der Waals surface area contributed by atoms with Crippen molar-refractivity contribution in [2.45, 2.75) is 65.2 Å². The molecule has 2 aliphatic rings. The third-order valence-corrected chi connectivity index (χ3v) is 4.17. The van der Waals surface area contributed by atoms with E-state index in [2.05, 4.69) is 13.8 Å². The molecule has 0 radical (unpaired) electrons. The number of unbranched alkanes of at least 4 members (excludes halogenated alkanes) is 2. The maximum Gasteiger partial charge on any atom is 0.159 e. The van der Waals surface area contributed by atoms with E-state index in [1.807, 2.05) is 0 Å². The molecule has 15 heavy (non-hydrogen) atoms. The smallest absolute Gasteiger partial charge is 0.159 e. The van der Waals surface area contributed by atoms with Gasteiger partial charge in [-0.2, -0.15) is 0 Å². The van der Waals surface area contributed by atoms with Gasteiger partial charge < -0.3 is 0 Å². The third kappa shape index (κ3) is 1.89. The molecule has 0 bridgehead atoms. The summed E-state index contributed by atoms with van der Waals surface area (Å²) in [5.74, 6) is 0.461. The Morgan fingerprint density at radius 2 is 2.13 bits per heavy atom. The second kappa shape index (κ2) is 4.11. The minimum atomic E-state index is 0.276. The van der Waals surface area contributed by atoms with Crippen LogP contribution >= 0.6 is 0 Å². The van der Waals surface area contributed by atoms with E-state index in [9.17, 15) is 4.79 Å². The van der Waals surface area contributed by atoms with E-state index in [0.29, 0.717) is 5.78 Å². The van der Waals surface area contributed by atoms with Crippen molar-refractivity contribution in [3.05, 3.63) is 11.1 Å². The number of Topliss-reactive ketones (excluding diaryl/α,β-unsaturated/α-hetero) is 1. The summed E-state index contributed by atoms with van der Waals surface area (Å²) in [7, 11) is 0. The van der Waals surface area contributed by atoms with Gasteiger partial charge in [-0.25, -0.2) is 0 Å². The zero-order valence-electron chi connectivity index (χ0n) is 10.1. The lowest BCUT2D eigenvalue weighted by atomic mass is 9.85. The maximum absolute atomic E-state index is 11.9. The molecule has 1 unspecified atom stereocenters. The summed E-state index contributed by atoms with van der Waals surface area (Å²) < 4.78 is 0. The number of hydrogen-bond donors (Lipinski definition) is 0. The van der Waals surface area contributed by atoms with Crippen LogP contribution in [0.5, 0.6) is 0 Å². The quantitative estimate of drug-likeness (QED) is 0.635. The molecule has 0 N–H and O–H groups in total. The Bertz CT molecular complexity index is 300. The first-order valence-electron chi connectivity index (χ1n) is 6.43. The summed E-state index contributed by atoms with van der Waals surface area (Å²) in [5, 5.41) is 0. The van der Waals surface area contributed by atoms with Crippen LogP contribution in [0.3, 0.4) is 0 Å². The number of carbonyl (C=O) groups is 1. The molecule has 0 aromatic carbocycles. The van der Waals surface area contributed by atoms with Crippen LogP contribution in [0.4, 0.5) is 0 Å². The normalized spacial score (nSPS) is 30.1. The van der Waals surface area contributed by atoms with Crippen LogP contribution in [0.15, 0.2) is 11.1 Å². The summed E-state index contributed by atoms with van der Waals surface area (Å²) in [5.41, 5.74) is 3.03. The first-order valence-corrected chi connectivity index (χ1v) is 6.43. The summed E-state index contributed by atoms with van der Waals surface area (Å²) in [6.07, 6.45) is 9.32. The molecule has 1 heteroatoms. The number of allylic oxidation sites excluding steroid dienone is 2. The number of ketones is 1. The van der Waals surface area contributed by atoms with Crippen LogP contribution in [0.1, 0.15) is 65.2 Å². The number of hydrogen-bond acceptors (Lipinski definition) is 1. The number of rotatable bonds is 4. The van der Waals surface area contributed by atoms with Crippen LogP contribution in [-0.4, -0.2) is 5.78 Å².